The van der Waals surface area contributed by atoms with Crippen LogP contribution in [0.2, 0.25) is 0 Å². The maximum atomic E-state index is 15.6. The zero-order chi connectivity index (χ0) is 18.2. The van der Waals surface area contributed by atoms with Gasteiger partial charge in [-0.3, -0.25) is 9.80 Å². The Hall–Kier alpha value is -1.88. The molecule has 25 heavy (non-hydrogen) atoms. The summed E-state index contributed by atoms with van der Waals surface area (Å²) in [5, 5.41) is 0. The fourth-order valence-corrected chi connectivity index (χ4v) is 3.95. The number of benzene rings is 1. The topological polar surface area (TPSA) is 32.8 Å². The maximum Gasteiger partial charge on any atom is 0.413 e. The van der Waals surface area contributed by atoms with E-state index >= 15 is 4.39 Å². The Labute approximate surface area is 149 Å². The van der Waals surface area contributed by atoms with Crippen molar-refractivity contribution < 1.29 is 13.9 Å². The van der Waals surface area contributed by atoms with E-state index in [1.807, 2.05) is 36.4 Å². The lowest BCUT2D eigenvalue weighted by molar-refractivity contribution is -0.100. The number of carbonyl (C=O) groups is 1. The quantitative estimate of drug-likeness (QED) is 0.610. The number of likely N-dealkylation sites (tertiary alicyclic amines) is 1. The lowest BCUT2D eigenvalue weighted by Gasteiger charge is -2.48. The fourth-order valence-electron chi connectivity index (χ4n) is 3.95. The smallest absolute Gasteiger partial charge is 0.413 e. The minimum absolute atomic E-state index is 0.0842. The highest BCUT2D eigenvalue weighted by molar-refractivity contribution is 5.70. The van der Waals surface area contributed by atoms with E-state index in [-0.39, 0.29) is 18.6 Å². The number of rotatable bonds is 3. The molecule has 2 saturated heterocycles. The van der Waals surface area contributed by atoms with Crippen molar-refractivity contribution in [2.45, 2.75) is 63.6 Å². The molecule has 3 rings (SSSR count). The number of nitrogens with zero attached hydrogens (tertiary/aromatic N) is 2. The Morgan fingerprint density at radius 1 is 1.40 bits per heavy atom. The van der Waals surface area contributed by atoms with E-state index in [4.69, 9.17) is 4.74 Å². The van der Waals surface area contributed by atoms with Gasteiger partial charge in [-0.1, -0.05) is 36.4 Å². The monoisotopic (exact) mass is 346 g/mol. The predicted octanol–water partition coefficient (Wildman–Crippen LogP) is 4.12. The van der Waals surface area contributed by atoms with Gasteiger partial charge < -0.3 is 4.74 Å². The number of hydrogen-bond acceptors (Lipinski definition) is 3. The average molecular weight is 346 g/mol. The zero-order valence-corrected chi connectivity index (χ0v) is 15.2. The SMILES string of the molecule is C=C[C@@H]1[C@@H]2CC[C@](F)(CN1Cc1ccccc1)N2C(=O)OC(C)(C)C. The highest BCUT2D eigenvalue weighted by Gasteiger charge is 2.58. The van der Waals surface area contributed by atoms with Gasteiger partial charge in [-0.25, -0.2) is 9.18 Å². The van der Waals surface area contributed by atoms with Gasteiger partial charge in [0.1, 0.15) is 5.60 Å². The Balaban J connectivity index is 1.83. The lowest BCUT2D eigenvalue weighted by atomic mass is 10.0. The molecule has 0 aliphatic carbocycles. The molecule has 0 saturated carbocycles. The summed E-state index contributed by atoms with van der Waals surface area (Å²) in [6.45, 7) is 10.2. The van der Waals surface area contributed by atoms with Crippen LogP contribution in [0.15, 0.2) is 43.0 Å². The highest BCUT2D eigenvalue weighted by atomic mass is 19.1. The van der Waals surface area contributed by atoms with Crippen molar-refractivity contribution in [2.75, 3.05) is 6.54 Å². The van der Waals surface area contributed by atoms with Gasteiger partial charge >= 0.3 is 6.09 Å². The number of ether oxygens (including phenoxy) is 1. The molecule has 0 spiro atoms. The second-order valence-electron chi connectivity index (χ2n) is 7.99. The minimum Gasteiger partial charge on any atom is -0.444 e. The standard InChI is InChI=1S/C20H27FN2O2/c1-5-16-17-11-12-20(21,23(17)18(24)25-19(2,3)4)14-22(16)13-15-9-7-6-8-10-15/h5-10,16-17H,1,11-14H2,2-4H3/t16-,17+,20-/m1/s1. The van der Waals surface area contributed by atoms with Crippen molar-refractivity contribution in [3.05, 3.63) is 48.6 Å². The largest absolute Gasteiger partial charge is 0.444 e. The molecule has 1 aromatic carbocycles. The molecular formula is C20H27FN2O2. The summed E-state index contributed by atoms with van der Waals surface area (Å²) < 4.78 is 21.1. The normalized spacial score (nSPS) is 29.5. The molecule has 0 N–H and O–H groups in total. The van der Waals surface area contributed by atoms with Crippen LogP contribution in [-0.2, 0) is 11.3 Å². The first-order chi connectivity index (χ1) is 11.7. The molecule has 3 atom stereocenters. The Bertz CT molecular complexity index is 643. The number of amides is 1. The van der Waals surface area contributed by atoms with Crippen molar-refractivity contribution in [1.29, 1.82) is 0 Å². The van der Waals surface area contributed by atoms with Crippen LogP contribution in [0.4, 0.5) is 9.18 Å². The van der Waals surface area contributed by atoms with E-state index in [2.05, 4.69) is 11.5 Å². The summed E-state index contributed by atoms with van der Waals surface area (Å²) in [6, 6.07) is 9.67. The van der Waals surface area contributed by atoms with E-state index < -0.39 is 17.5 Å². The molecule has 2 bridgehead atoms. The fraction of sp³-hybridized carbons (Fsp3) is 0.550. The first-order valence-electron chi connectivity index (χ1n) is 8.85. The number of piperazine rings is 1. The third-order valence-corrected chi connectivity index (χ3v) is 4.91. The predicted molar refractivity (Wildman–Crippen MR) is 95.8 cm³/mol. The Kier molecular flexibility index (Phi) is 4.62. The van der Waals surface area contributed by atoms with Crippen LogP contribution in [0.1, 0.15) is 39.2 Å². The lowest BCUT2D eigenvalue weighted by Crippen LogP contribution is -2.65. The van der Waals surface area contributed by atoms with Crippen LogP contribution in [0.5, 0.6) is 0 Å². The number of fused-ring (bicyclic) bond motifs is 2. The summed E-state index contributed by atoms with van der Waals surface area (Å²) >= 11 is 0. The van der Waals surface area contributed by atoms with Gasteiger partial charge in [-0.2, -0.15) is 0 Å². The molecule has 1 amide bonds. The Morgan fingerprint density at radius 2 is 2.08 bits per heavy atom. The van der Waals surface area contributed by atoms with Crippen molar-refractivity contribution in [1.82, 2.24) is 9.80 Å². The summed E-state index contributed by atoms with van der Waals surface area (Å²) in [5.74, 6) is -1.68. The number of hydrogen-bond donors (Lipinski definition) is 0. The van der Waals surface area contributed by atoms with E-state index in [0.29, 0.717) is 19.4 Å². The second kappa shape index (κ2) is 6.45. The molecule has 5 heteroatoms. The summed E-state index contributed by atoms with van der Waals surface area (Å²) in [5.41, 5.74) is 0.487. The van der Waals surface area contributed by atoms with Gasteiger partial charge in [0.15, 0.2) is 0 Å². The van der Waals surface area contributed by atoms with E-state index in [9.17, 15) is 4.79 Å². The van der Waals surface area contributed by atoms with E-state index in [0.717, 1.165) is 5.56 Å². The van der Waals surface area contributed by atoms with E-state index in [1.54, 1.807) is 20.8 Å². The van der Waals surface area contributed by atoms with Crippen LogP contribution in [0, 0.1) is 0 Å². The highest BCUT2D eigenvalue weighted by Crippen LogP contribution is 2.44. The third kappa shape index (κ3) is 3.56. The molecule has 2 aliphatic rings. The van der Waals surface area contributed by atoms with Gasteiger partial charge in [0.05, 0.1) is 12.6 Å². The molecule has 2 aliphatic heterocycles. The van der Waals surface area contributed by atoms with Crippen molar-refractivity contribution in [3.63, 3.8) is 0 Å². The van der Waals surface area contributed by atoms with Crippen molar-refractivity contribution >= 4 is 6.09 Å². The summed E-state index contributed by atoms with van der Waals surface area (Å²) in [7, 11) is 0. The minimum atomic E-state index is -1.68. The van der Waals surface area contributed by atoms with Crippen LogP contribution in [0.25, 0.3) is 0 Å². The molecule has 0 unspecified atom stereocenters. The van der Waals surface area contributed by atoms with Gasteiger partial charge in [0, 0.05) is 19.0 Å². The van der Waals surface area contributed by atoms with E-state index in [1.165, 1.54) is 4.90 Å². The van der Waals surface area contributed by atoms with Crippen molar-refractivity contribution in [2.24, 2.45) is 0 Å². The zero-order valence-electron chi connectivity index (χ0n) is 15.2. The molecule has 4 nitrogen and oxygen atoms in total. The molecule has 0 aromatic heterocycles. The van der Waals surface area contributed by atoms with Crippen LogP contribution >= 0.6 is 0 Å². The first-order valence-corrected chi connectivity index (χ1v) is 8.85. The summed E-state index contributed by atoms with van der Waals surface area (Å²) in [4.78, 5) is 16.0. The molecule has 2 fully saturated rings. The molecule has 0 radical (unpaired) electrons. The van der Waals surface area contributed by atoms with Crippen LogP contribution in [-0.4, -0.2) is 45.9 Å². The van der Waals surface area contributed by atoms with Gasteiger partial charge in [-0.05, 0) is 32.8 Å². The third-order valence-electron chi connectivity index (χ3n) is 4.91. The molecule has 1 aromatic rings. The van der Waals surface area contributed by atoms with Gasteiger partial charge in [-0.15, -0.1) is 6.58 Å². The first kappa shape index (κ1) is 17.9. The van der Waals surface area contributed by atoms with Gasteiger partial charge in [0.2, 0.25) is 5.79 Å². The van der Waals surface area contributed by atoms with Crippen LogP contribution in [0.3, 0.4) is 0 Å². The summed E-state index contributed by atoms with van der Waals surface area (Å²) in [6.07, 6.45) is 2.23. The number of alkyl halides is 1. The second-order valence-corrected chi connectivity index (χ2v) is 7.99. The number of halogens is 1. The molecule has 136 valence electrons. The van der Waals surface area contributed by atoms with Crippen molar-refractivity contribution in [3.8, 4) is 0 Å². The Morgan fingerprint density at radius 3 is 2.68 bits per heavy atom. The maximum absolute atomic E-state index is 15.6. The van der Waals surface area contributed by atoms with Crippen LogP contribution < -0.4 is 0 Å². The average Bonchev–Trinajstić information content (AvgIpc) is 2.77. The molecule has 2 heterocycles. The van der Waals surface area contributed by atoms with Gasteiger partial charge in [0.25, 0.3) is 0 Å². The molecular weight excluding hydrogens is 319 g/mol. The number of carbonyl (C=O) groups excluding carboxylic acids is 1.